The maximum atomic E-state index is 12.6. The molecule has 15 heavy (non-hydrogen) atoms. The Hall–Kier alpha value is -1.68. The minimum atomic E-state index is -0.688. The Bertz CT molecular complexity index is 448. The molecule has 0 saturated carbocycles. The molecule has 4 heteroatoms. The smallest absolute Gasteiger partial charge is 0.226 e. The zero-order chi connectivity index (χ0) is 10.8. The lowest BCUT2D eigenvalue weighted by atomic mass is 10.2. The highest BCUT2D eigenvalue weighted by Crippen LogP contribution is 2.22. The Morgan fingerprint density at radius 1 is 1.33 bits per heavy atom. The molecule has 3 nitrogen and oxygen atoms in total. The van der Waals surface area contributed by atoms with Gasteiger partial charge >= 0.3 is 0 Å². The quantitative estimate of drug-likeness (QED) is 0.823. The van der Waals surface area contributed by atoms with Crippen molar-refractivity contribution in [3.8, 4) is 11.5 Å². The maximum absolute atomic E-state index is 12.6. The molecule has 0 amide bonds. The molecule has 1 heterocycles. The molecule has 0 saturated heterocycles. The molecule has 1 N–H and O–H groups in total. The predicted molar refractivity (Wildman–Crippen MR) is 52.5 cm³/mol. The third kappa shape index (κ3) is 2.05. The normalized spacial score (nSPS) is 12.7. The van der Waals surface area contributed by atoms with Gasteiger partial charge in [-0.1, -0.05) is 0 Å². The molecule has 0 aliphatic rings. The highest BCUT2D eigenvalue weighted by molar-refractivity contribution is 5.52. The molecule has 0 bridgehead atoms. The SMILES string of the molecule is CC(O)c1cnc(-c2ccc(F)cc2)o1. The lowest BCUT2D eigenvalue weighted by Gasteiger charge is -1.97. The van der Waals surface area contributed by atoms with Crippen LogP contribution in [0.1, 0.15) is 18.8 Å². The molecular formula is C11H10FNO2. The maximum Gasteiger partial charge on any atom is 0.226 e. The Kier molecular flexibility index (Phi) is 2.51. The second-order valence-corrected chi connectivity index (χ2v) is 3.25. The van der Waals surface area contributed by atoms with Gasteiger partial charge in [0.1, 0.15) is 11.9 Å². The number of rotatable bonds is 2. The molecule has 2 rings (SSSR count). The van der Waals surface area contributed by atoms with Gasteiger partial charge in [0.15, 0.2) is 5.76 Å². The van der Waals surface area contributed by atoms with Gasteiger partial charge in [-0.3, -0.25) is 0 Å². The number of aliphatic hydroxyl groups excluding tert-OH is 1. The summed E-state index contributed by atoms with van der Waals surface area (Å²) in [6.07, 6.45) is 0.773. The van der Waals surface area contributed by atoms with E-state index in [4.69, 9.17) is 4.42 Å². The van der Waals surface area contributed by atoms with Crippen molar-refractivity contribution in [2.75, 3.05) is 0 Å². The molecule has 1 unspecified atom stereocenters. The fourth-order valence-corrected chi connectivity index (χ4v) is 1.21. The summed E-state index contributed by atoms with van der Waals surface area (Å²) in [6, 6.07) is 5.82. The highest BCUT2D eigenvalue weighted by atomic mass is 19.1. The van der Waals surface area contributed by atoms with Crippen molar-refractivity contribution < 1.29 is 13.9 Å². The first-order chi connectivity index (χ1) is 7.16. The zero-order valence-electron chi connectivity index (χ0n) is 8.14. The van der Waals surface area contributed by atoms with Crippen LogP contribution in [0.5, 0.6) is 0 Å². The fourth-order valence-electron chi connectivity index (χ4n) is 1.21. The molecule has 0 radical (unpaired) electrons. The standard InChI is InChI=1S/C11H10FNO2/c1-7(14)10-6-13-11(15-10)8-2-4-9(12)5-3-8/h2-7,14H,1H3. The van der Waals surface area contributed by atoms with Gasteiger partial charge in [0.2, 0.25) is 5.89 Å². The average molecular weight is 207 g/mol. The van der Waals surface area contributed by atoms with E-state index in [2.05, 4.69) is 4.98 Å². The summed E-state index contributed by atoms with van der Waals surface area (Å²) in [5.41, 5.74) is 0.684. The number of hydrogen-bond donors (Lipinski definition) is 1. The monoisotopic (exact) mass is 207 g/mol. The molecule has 2 aromatic rings. The van der Waals surface area contributed by atoms with E-state index in [1.54, 1.807) is 19.1 Å². The van der Waals surface area contributed by atoms with Crippen molar-refractivity contribution in [3.63, 3.8) is 0 Å². The summed E-state index contributed by atoms with van der Waals surface area (Å²) in [5, 5.41) is 9.23. The summed E-state index contributed by atoms with van der Waals surface area (Å²) in [4.78, 5) is 3.99. The van der Waals surface area contributed by atoms with Gasteiger partial charge in [-0.2, -0.15) is 0 Å². The number of oxazole rings is 1. The highest BCUT2D eigenvalue weighted by Gasteiger charge is 2.09. The number of hydrogen-bond acceptors (Lipinski definition) is 3. The minimum absolute atomic E-state index is 0.305. The van der Waals surface area contributed by atoms with Crippen LogP contribution in [0.15, 0.2) is 34.9 Å². The molecule has 1 aromatic heterocycles. The zero-order valence-corrected chi connectivity index (χ0v) is 8.14. The second-order valence-electron chi connectivity index (χ2n) is 3.25. The van der Waals surface area contributed by atoms with Crippen LogP contribution in [0.4, 0.5) is 4.39 Å². The average Bonchev–Trinajstić information content (AvgIpc) is 2.68. The van der Waals surface area contributed by atoms with E-state index in [1.807, 2.05) is 0 Å². The third-order valence-corrected chi connectivity index (χ3v) is 2.03. The van der Waals surface area contributed by atoms with Gasteiger partial charge in [-0.05, 0) is 31.2 Å². The summed E-state index contributed by atoms with van der Waals surface area (Å²) in [6.45, 7) is 1.59. The molecule has 0 aliphatic carbocycles. The van der Waals surface area contributed by atoms with Crippen LogP contribution in [0.2, 0.25) is 0 Å². The summed E-state index contributed by atoms with van der Waals surface area (Å²) in [7, 11) is 0. The fraction of sp³-hybridized carbons (Fsp3) is 0.182. The second kappa shape index (κ2) is 3.82. The minimum Gasteiger partial charge on any atom is -0.438 e. The van der Waals surface area contributed by atoms with Crippen molar-refractivity contribution in [2.24, 2.45) is 0 Å². The molecule has 78 valence electrons. The lowest BCUT2D eigenvalue weighted by molar-refractivity contribution is 0.170. The topological polar surface area (TPSA) is 46.3 Å². The van der Waals surface area contributed by atoms with Crippen LogP contribution in [0, 0.1) is 5.82 Å². The van der Waals surface area contributed by atoms with E-state index < -0.39 is 6.10 Å². The van der Waals surface area contributed by atoms with Crippen molar-refractivity contribution >= 4 is 0 Å². The Morgan fingerprint density at radius 3 is 2.53 bits per heavy atom. The van der Waals surface area contributed by atoms with Crippen LogP contribution in [-0.4, -0.2) is 10.1 Å². The Balaban J connectivity index is 2.33. The largest absolute Gasteiger partial charge is 0.438 e. The van der Waals surface area contributed by atoms with Crippen LogP contribution in [0.25, 0.3) is 11.5 Å². The Morgan fingerprint density at radius 2 is 2.00 bits per heavy atom. The van der Waals surface area contributed by atoms with Crippen LogP contribution in [0.3, 0.4) is 0 Å². The summed E-state index contributed by atoms with van der Waals surface area (Å²) >= 11 is 0. The van der Waals surface area contributed by atoms with Gasteiger partial charge in [0, 0.05) is 5.56 Å². The molecule has 1 atom stereocenters. The number of halogens is 1. The number of nitrogens with zero attached hydrogens (tertiary/aromatic N) is 1. The molecule has 0 spiro atoms. The van der Waals surface area contributed by atoms with Crippen LogP contribution >= 0.6 is 0 Å². The van der Waals surface area contributed by atoms with Crippen molar-refractivity contribution in [1.29, 1.82) is 0 Å². The van der Waals surface area contributed by atoms with E-state index >= 15 is 0 Å². The summed E-state index contributed by atoms with van der Waals surface area (Å²) < 4.78 is 17.9. The first-order valence-electron chi connectivity index (χ1n) is 4.56. The third-order valence-electron chi connectivity index (χ3n) is 2.03. The van der Waals surface area contributed by atoms with Gasteiger partial charge in [0.05, 0.1) is 6.20 Å². The van der Waals surface area contributed by atoms with E-state index in [0.717, 1.165) is 0 Å². The molecular weight excluding hydrogens is 197 g/mol. The molecule has 1 aromatic carbocycles. The van der Waals surface area contributed by atoms with E-state index in [9.17, 15) is 9.50 Å². The first-order valence-corrected chi connectivity index (χ1v) is 4.56. The van der Waals surface area contributed by atoms with Gasteiger partial charge in [-0.15, -0.1) is 0 Å². The molecule has 0 aliphatic heterocycles. The van der Waals surface area contributed by atoms with E-state index in [0.29, 0.717) is 17.2 Å². The summed E-state index contributed by atoms with van der Waals surface area (Å²) in [5.74, 6) is 0.473. The van der Waals surface area contributed by atoms with Crippen molar-refractivity contribution in [1.82, 2.24) is 4.98 Å². The lowest BCUT2D eigenvalue weighted by Crippen LogP contribution is -1.85. The predicted octanol–water partition coefficient (Wildman–Crippen LogP) is 2.53. The van der Waals surface area contributed by atoms with Crippen LogP contribution < -0.4 is 0 Å². The van der Waals surface area contributed by atoms with Crippen molar-refractivity contribution in [2.45, 2.75) is 13.0 Å². The van der Waals surface area contributed by atoms with Gasteiger partial charge < -0.3 is 9.52 Å². The van der Waals surface area contributed by atoms with Gasteiger partial charge in [-0.25, -0.2) is 9.37 Å². The van der Waals surface area contributed by atoms with Gasteiger partial charge in [0.25, 0.3) is 0 Å². The first kappa shape index (κ1) is 9.86. The van der Waals surface area contributed by atoms with E-state index in [1.165, 1.54) is 18.3 Å². The number of aromatic nitrogens is 1. The molecule has 0 fully saturated rings. The van der Waals surface area contributed by atoms with Crippen LogP contribution in [-0.2, 0) is 0 Å². The number of benzene rings is 1. The van der Waals surface area contributed by atoms with Crippen molar-refractivity contribution in [3.05, 3.63) is 42.0 Å². The number of aliphatic hydroxyl groups is 1. The Labute approximate surface area is 86.2 Å². The van der Waals surface area contributed by atoms with E-state index in [-0.39, 0.29) is 5.82 Å².